The summed E-state index contributed by atoms with van der Waals surface area (Å²) < 4.78 is 10.7. The third kappa shape index (κ3) is 2.18. The molecule has 1 aromatic carbocycles. The Kier molecular flexibility index (Phi) is 3.14. The summed E-state index contributed by atoms with van der Waals surface area (Å²) in [5, 5.41) is 0. The fourth-order valence-electron chi connectivity index (χ4n) is 2.77. The lowest BCUT2D eigenvalue weighted by Crippen LogP contribution is -2.34. The lowest BCUT2D eigenvalue weighted by molar-refractivity contribution is 0.174. The van der Waals surface area contributed by atoms with Crippen molar-refractivity contribution in [1.82, 2.24) is 4.90 Å². The average molecular weight is 248 g/mol. The van der Waals surface area contributed by atoms with Crippen LogP contribution >= 0.6 is 0 Å². The molecule has 1 saturated heterocycles. The molecular formula is C14H20N2O2. The van der Waals surface area contributed by atoms with Crippen LogP contribution in [0, 0.1) is 0 Å². The number of hydrogen-bond donors (Lipinski definition) is 1. The van der Waals surface area contributed by atoms with Crippen molar-refractivity contribution >= 4 is 0 Å². The highest BCUT2D eigenvalue weighted by Gasteiger charge is 2.23. The van der Waals surface area contributed by atoms with E-state index in [0.29, 0.717) is 12.8 Å². The molecular weight excluding hydrogens is 228 g/mol. The third-order valence-electron chi connectivity index (χ3n) is 3.95. The lowest BCUT2D eigenvalue weighted by atomic mass is 10.1. The summed E-state index contributed by atoms with van der Waals surface area (Å²) in [6.45, 7) is 4.68. The number of fused-ring (bicyclic) bond motifs is 1. The van der Waals surface area contributed by atoms with Crippen LogP contribution in [0.15, 0.2) is 18.2 Å². The molecule has 4 heteroatoms. The van der Waals surface area contributed by atoms with Gasteiger partial charge in [-0.25, -0.2) is 0 Å². The molecule has 18 heavy (non-hydrogen) atoms. The maximum atomic E-state index is 6.29. The zero-order valence-electron chi connectivity index (χ0n) is 10.8. The van der Waals surface area contributed by atoms with Crippen LogP contribution in [0.25, 0.3) is 0 Å². The molecule has 0 saturated carbocycles. The van der Waals surface area contributed by atoms with Crippen molar-refractivity contribution in [2.24, 2.45) is 5.73 Å². The van der Waals surface area contributed by atoms with E-state index < -0.39 is 0 Å². The maximum absolute atomic E-state index is 6.29. The Balaban J connectivity index is 1.70. The Morgan fingerprint density at radius 1 is 1.39 bits per heavy atom. The van der Waals surface area contributed by atoms with Crippen LogP contribution in [0.3, 0.4) is 0 Å². The van der Waals surface area contributed by atoms with Crippen molar-refractivity contribution in [2.45, 2.75) is 31.8 Å². The molecule has 2 heterocycles. The number of hydrogen-bond acceptors (Lipinski definition) is 4. The molecule has 2 aliphatic rings. The van der Waals surface area contributed by atoms with Gasteiger partial charge in [-0.15, -0.1) is 0 Å². The number of rotatable bonds is 3. The second kappa shape index (κ2) is 4.78. The molecule has 0 aromatic heterocycles. The largest absolute Gasteiger partial charge is 0.454 e. The monoisotopic (exact) mass is 248 g/mol. The first-order chi connectivity index (χ1) is 8.74. The van der Waals surface area contributed by atoms with E-state index in [4.69, 9.17) is 15.2 Å². The van der Waals surface area contributed by atoms with Gasteiger partial charge in [-0.2, -0.15) is 0 Å². The van der Waals surface area contributed by atoms with Crippen molar-refractivity contribution in [2.75, 3.05) is 19.9 Å². The van der Waals surface area contributed by atoms with Gasteiger partial charge in [-0.1, -0.05) is 6.07 Å². The van der Waals surface area contributed by atoms with E-state index in [-0.39, 0.29) is 6.04 Å². The molecule has 2 unspecified atom stereocenters. The topological polar surface area (TPSA) is 47.7 Å². The molecule has 0 bridgehead atoms. The Labute approximate surface area is 108 Å². The smallest absolute Gasteiger partial charge is 0.231 e. The Morgan fingerprint density at radius 2 is 2.22 bits per heavy atom. The quantitative estimate of drug-likeness (QED) is 0.887. The van der Waals surface area contributed by atoms with E-state index in [9.17, 15) is 0 Å². The highest BCUT2D eigenvalue weighted by Crippen LogP contribution is 2.34. The zero-order valence-corrected chi connectivity index (χ0v) is 10.8. The predicted molar refractivity (Wildman–Crippen MR) is 69.8 cm³/mol. The molecule has 2 N–H and O–H groups in total. The van der Waals surface area contributed by atoms with Crippen LogP contribution < -0.4 is 15.2 Å². The zero-order chi connectivity index (χ0) is 12.5. The number of nitrogens with zero attached hydrogens (tertiary/aromatic N) is 1. The second-order valence-electron chi connectivity index (χ2n) is 5.21. The second-order valence-corrected chi connectivity index (χ2v) is 5.21. The van der Waals surface area contributed by atoms with Crippen molar-refractivity contribution in [3.05, 3.63) is 23.8 Å². The minimum absolute atomic E-state index is 0.0417. The Bertz CT molecular complexity index is 436. The first-order valence-electron chi connectivity index (χ1n) is 6.63. The van der Waals surface area contributed by atoms with Crippen LogP contribution in [0.4, 0.5) is 0 Å². The standard InChI is InChI=1S/C14H20N2O2/c1-10-3-2-6-16(10)8-12(15)11-4-5-13-14(7-11)18-9-17-13/h4-5,7,10,12H,2-3,6,8-9,15H2,1H3. The van der Waals surface area contributed by atoms with Crippen molar-refractivity contribution in [3.8, 4) is 11.5 Å². The van der Waals surface area contributed by atoms with E-state index in [1.165, 1.54) is 19.4 Å². The van der Waals surface area contributed by atoms with E-state index in [2.05, 4.69) is 11.8 Å². The van der Waals surface area contributed by atoms with Gasteiger partial charge in [0.25, 0.3) is 0 Å². The normalized spacial score (nSPS) is 24.4. The third-order valence-corrected chi connectivity index (χ3v) is 3.95. The van der Waals surface area contributed by atoms with Crippen LogP contribution in [0.2, 0.25) is 0 Å². The fourth-order valence-corrected chi connectivity index (χ4v) is 2.77. The molecule has 0 spiro atoms. The Hall–Kier alpha value is -1.26. The maximum Gasteiger partial charge on any atom is 0.231 e. The summed E-state index contributed by atoms with van der Waals surface area (Å²) in [5.74, 6) is 1.64. The van der Waals surface area contributed by atoms with E-state index in [1.807, 2.05) is 18.2 Å². The summed E-state index contributed by atoms with van der Waals surface area (Å²) in [4.78, 5) is 2.47. The van der Waals surface area contributed by atoms with Crippen molar-refractivity contribution in [3.63, 3.8) is 0 Å². The Morgan fingerprint density at radius 3 is 3.00 bits per heavy atom. The molecule has 3 rings (SSSR count). The molecule has 0 aliphatic carbocycles. The molecule has 2 atom stereocenters. The predicted octanol–water partition coefficient (Wildman–Crippen LogP) is 1.90. The van der Waals surface area contributed by atoms with Gasteiger partial charge in [-0.3, -0.25) is 4.90 Å². The number of likely N-dealkylation sites (tertiary alicyclic amines) is 1. The molecule has 0 radical (unpaired) electrons. The summed E-state index contributed by atoms with van der Waals surface area (Å²) >= 11 is 0. The van der Waals surface area contributed by atoms with Gasteiger partial charge in [0.05, 0.1) is 0 Å². The lowest BCUT2D eigenvalue weighted by Gasteiger charge is -2.25. The van der Waals surface area contributed by atoms with Gasteiger partial charge in [0.2, 0.25) is 6.79 Å². The van der Waals surface area contributed by atoms with Crippen LogP contribution in [0.1, 0.15) is 31.4 Å². The van der Waals surface area contributed by atoms with Crippen LogP contribution in [-0.2, 0) is 0 Å². The molecule has 1 fully saturated rings. The molecule has 0 amide bonds. The first-order valence-corrected chi connectivity index (χ1v) is 6.63. The summed E-state index contributed by atoms with van der Waals surface area (Å²) in [5.41, 5.74) is 7.42. The number of ether oxygens (including phenoxy) is 2. The summed E-state index contributed by atoms with van der Waals surface area (Å²) in [7, 11) is 0. The van der Waals surface area contributed by atoms with Gasteiger partial charge < -0.3 is 15.2 Å². The minimum atomic E-state index is 0.0417. The van der Waals surface area contributed by atoms with Gasteiger partial charge in [0.1, 0.15) is 0 Å². The molecule has 1 aromatic rings. The van der Waals surface area contributed by atoms with Gasteiger partial charge in [0, 0.05) is 18.6 Å². The molecule has 2 aliphatic heterocycles. The summed E-state index contributed by atoms with van der Waals surface area (Å²) in [6.07, 6.45) is 2.57. The van der Waals surface area contributed by atoms with E-state index >= 15 is 0 Å². The van der Waals surface area contributed by atoms with E-state index in [0.717, 1.165) is 23.6 Å². The fraction of sp³-hybridized carbons (Fsp3) is 0.571. The van der Waals surface area contributed by atoms with E-state index in [1.54, 1.807) is 0 Å². The van der Waals surface area contributed by atoms with Crippen molar-refractivity contribution < 1.29 is 9.47 Å². The number of nitrogens with two attached hydrogens (primary N) is 1. The van der Waals surface area contributed by atoms with Gasteiger partial charge in [0.15, 0.2) is 11.5 Å². The SMILES string of the molecule is CC1CCCN1CC(N)c1ccc2c(c1)OCO2. The molecule has 98 valence electrons. The van der Waals surface area contributed by atoms with Crippen molar-refractivity contribution in [1.29, 1.82) is 0 Å². The minimum Gasteiger partial charge on any atom is -0.454 e. The molecule has 4 nitrogen and oxygen atoms in total. The van der Waals surface area contributed by atoms with Gasteiger partial charge in [-0.05, 0) is 44.0 Å². The number of benzene rings is 1. The van der Waals surface area contributed by atoms with Crippen LogP contribution in [-0.4, -0.2) is 30.8 Å². The summed E-state index contributed by atoms with van der Waals surface area (Å²) in [6, 6.07) is 6.70. The highest BCUT2D eigenvalue weighted by atomic mass is 16.7. The van der Waals surface area contributed by atoms with Gasteiger partial charge >= 0.3 is 0 Å². The highest BCUT2D eigenvalue weighted by molar-refractivity contribution is 5.45. The van der Waals surface area contributed by atoms with Crippen LogP contribution in [0.5, 0.6) is 11.5 Å². The average Bonchev–Trinajstić information content (AvgIpc) is 2.98. The first kappa shape index (κ1) is 11.8.